The molecule has 2 rings (SSSR count). The van der Waals surface area contributed by atoms with Crippen LogP contribution < -0.4 is 5.32 Å². The summed E-state index contributed by atoms with van der Waals surface area (Å²) in [6.45, 7) is 6.09. The molecule has 0 aliphatic carbocycles. The third kappa shape index (κ3) is 2.73. The molecule has 1 fully saturated rings. The number of ketones is 1. The molecule has 2 atom stereocenters. The first-order chi connectivity index (χ1) is 8.22. The van der Waals surface area contributed by atoms with Crippen LogP contribution >= 0.6 is 0 Å². The normalized spacial score (nSPS) is 23.9. The number of hydrogen-bond acceptors (Lipinski definition) is 3. The standard InChI is InChI=1S/C14H19NO2/c1-3-15-13-9-17-8-12(13)14(16)11-6-4-5-10(2)7-11/h4-7,12-13,15H,3,8-9H2,1-2H3. The number of hydrogen-bond donors (Lipinski definition) is 1. The van der Waals surface area contributed by atoms with Crippen molar-refractivity contribution in [2.75, 3.05) is 19.8 Å². The van der Waals surface area contributed by atoms with E-state index in [-0.39, 0.29) is 17.7 Å². The fourth-order valence-electron chi connectivity index (χ4n) is 2.29. The molecule has 0 saturated carbocycles. The lowest BCUT2D eigenvalue weighted by atomic mass is 9.92. The summed E-state index contributed by atoms with van der Waals surface area (Å²) in [6.07, 6.45) is 0. The van der Waals surface area contributed by atoms with Crippen molar-refractivity contribution in [3.05, 3.63) is 35.4 Å². The van der Waals surface area contributed by atoms with Gasteiger partial charge < -0.3 is 10.1 Å². The summed E-state index contributed by atoms with van der Waals surface area (Å²) in [4.78, 5) is 12.4. The molecular formula is C14H19NO2. The molecule has 1 aliphatic heterocycles. The first-order valence-corrected chi connectivity index (χ1v) is 6.14. The summed E-state index contributed by atoms with van der Waals surface area (Å²) in [7, 11) is 0. The lowest BCUT2D eigenvalue weighted by molar-refractivity contribution is 0.0891. The Labute approximate surface area is 102 Å². The number of ether oxygens (including phenoxy) is 1. The molecule has 17 heavy (non-hydrogen) atoms. The highest BCUT2D eigenvalue weighted by Crippen LogP contribution is 2.19. The summed E-state index contributed by atoms with van der Waals surface area (Å²) in [5.41, 5.74) is 1.91. The molecule has 0 bridgehead atoms. The van der Waals surface area contributed by atoms with Crippen LogP contribution in [0, 0.1) is 12.8 Å². The van der Waals surface area contributed by atoms with Gasteiger partial charge in [0.25, 0.3) is 0 Å². The molecule has 0 amide bonds. The van der Waals surface area contributed by atoms with Crippen molar-refractivity contribution in [1.29, 1.82) is 0 Å². The van der Waals surface area contributed by atoms with Crippen molar-refractivity contribution in [2.24, 2.45) is 5.92 Å². The maximum absolute atomic E-state index is 12.4. The van der Waals surface area contributed by atoms with E-state index in [0.29, 0.717) is 13.2 Å². The van der Waals surface area contributed by atoms with Crippen molar-refractivity contribution in [2.45, 2.75) is 19.9 Å². The molecule has 1 heterocycles. The Morgan fingerprint density at radius 3 is 3.00 bits per heavy atom. The molecule has 1 aromatic carbocycles. The molecule has 92 valence electrons. The van der Waals surface area contributed by atoms with Crippen molar-refractivity contribution in [1.82, 2.24) is 5.32 Å². The summed E-state index contributed by atoms with van der Waals surface area (Å²) in [6, 6.07) is 7.93. The zero-order valence-corrected chi connectivity index (χ0v) is 10.4. The van der Waals surface area contributed by atoms with E-state index in [1.807, 2.05) is 38.1 Å². The number of carbonyl (C=O) groups is 1. The second-order valence-electron chi connectivity index (χ2n) is 4.54. The number of benzene rings is 1. The zero-order chi connectivity index (χ0) is 12.3. The highest BCUT2D eigenvalue weighted by Gasteiger charge is 2.33. The Morgan fingerprint density at radius 1 is 1.47 bits per heavy atom. The van der Waals surface area contributed by atoms with Gasteiger partial charge in [-0.2, -0.15) is 0 Å². The number of aryl methyl sites for hydroxylation is 1. The minimum absolute atomic E-state index is 0.0447. The zero-order valence-electron chi connectivity index (χ0n) is 10.4. The summed E-state index contributed by atoms with van der Waals surface area (Å²) in [5, 5.41) is 3.31. The van der Waals surface area contributed by atoms with E-state index in [1.54, 1.807) is 0 Å². The minimum Gasteiger partial charge on any atom is -0.379 e. The number of nitrogens with one attached hydrogen (secondary N) is 1. The van der Waals surface area contributed by atoms with Gasteiger partial charge in [-0.25, -0.2) is 0 Å². The maximum Gasteiger partial charge on any atom is 0.169 e. The van der Waals surface area contributed by atoms with Gasteiger partial charge >= 0.3 is 0 Å². The predicted molar refractivity (Wildman–Crippen MR) is 67.3 cm³/mol. The van der Waals surface area contributed by atoms with Gasteiger partial charge in [-0.05, 0) is 19.5 Å². The Balaban J connectivity index is 2.14. The highest BCUT2D eigenvalue weighted by atomic mass is 16.5. The van der Waals surface area contributed by atoms with Gasteiger partial charge in [-0.1, -0.05) is 30.7 Å². The Hall–Kier alpha value is -1.19. The number of carbonyl (C=O) groups excluding carboxylic acids is 1. The smallest absolute Gasteiger partial charge is 0.169 e. The minimum atomic E-state index is -0.0447. The molecule has 0 spiro atoms. The monoisotopic (exact) mass is 233 g/mol. The van der Waals surface area contributed by atoms with E-state index >= 15 is 0 Å². The molecule has 0 aromatic heterocycles. The fourth-order valence-corrected chi connectivity index (χ4v) is 2.29. The van der Waals surface area contributed by atoms with E-state index in [4.69, 9.17) is 4.74 Å². The van der Waals surface area contributed by atoms with E-state index < -0.39 is 0 Å². The number of likely N-dealkylation sites (N-methyl/N-ethyl adjacent to an activating group) is 1. The number of Topliss-reactive ketones (excluding diaryl/α,β-unsaturated/α-hetero) is 1. The van der Waals surface area contributed by atoms with Crippen molar-refractivity contribution >= 4 is 5.78 Å². The first kappa shape index (κ1) is 12.3. The van der Waals surface area contributed by atoms with Crippen molar-refractivity contribution in [3.8, 4) is 0 Å². The van der Waals surface area contributed by atoms with Crippen LogP contribution in [0.5, 0.6) is 0 Å². The van der Waals surface area contributed by atoms with Crippen LogP contribution in [0.1, 0.15) is 22.8 Å². The topological polar surface area (TPSA) is 38.3 Å². The van der Waals surface area contributed by atoms with Crippen molar-refractivity contribution < 1.29 is 9.53 Å². The highest BCUT2D eigenvalue weighted by molar-refractivity contribution is 5.98. The first-order valence-electron chi connectivity index (χ1n) is 6.14. The van der Waals surface area contributed by atoms with Crippen LogP contribution in [0.25, 0.3) is 0 Å². The van der Waals surface area contributed by atoms with Gasteiger partial charge in [0.1, 0.15) is 0 Å². The van der Waals surface area contributed by atoms with Crippen LogP contribution in [0.2, 0.25) is 0 Å². The molecule has 1 aliphatic rings. The van der Waals surface area contributed by atoms with E-state index in [1.165, 1.54) is 0 Å². The van der Waals surface area contributed by atoms with Gasteiger partial charge in [0, 0.05) is 11.6 Å². The lowest BCUT2D eigenvalue weighted by Gasteiger charge is -2.17. The summed E-state index contributed by atoms with van der Waals surface area (Å²) >= 11 is 0. The molecule has 2 unspecified atom stereocenters. The van der Waals surface area contributed by atoms with Crippen LogP contribution in [-0.4, -0.2) is 31.6 Å². The molecule has 1 N–H and O–H groups in total. The van der Waals surface area contributed by atoms with Gasteiger partial charge in [0.05, 0.1) is 19.1 Å². The van der Waals surface area contributed by atoms with Crippen LogP contribution in [0.4, 0.5) is 0 Å². The third-order valence-electron chi connectivity index (χ3n) is 3.19. The molecule has 1 aromatic rings. The largest absolute Gasteiger partial charge is 0.379 e. The lowest BCUT2D eigenvalue weighted by Crippen LogP contribution is -2.39. The summed E-state index contributed by atoms with van der Waals surface area (Å²) < 4.78 is 5.41. The molecule has 1 saturated heterocycles. The van der Waals surface area contributed by atoms with Gasteiger partial charge in [0.2, 0.25) is 0 Å². The maximum atomic E-state index is 12.4. The van der Waals surface area contributed by atoms with E-state index in [9.17, 15) is 4.79 Å². The Kier molecular flexibility index (Phi) is 3.92. The number of rotatable bonds is 4. The average molecular weight is 233 g/mol. The quantitative estimate of drug-likeness (QED) is 0.806. The van der Waals surface area contributed by atoms with E-state index in [2.05, 4.69) is 5.32 Å². The molecular weight excluding hydrogens is 214 g/mol. The average Bonchev–Trinajstić information content (AvgIpc) is 2.77. The van der Waals surface area contributed by atoms with E-state index in [0.717, 1.165) is 17.7 Å². The van der Waals surface area contributed by atoms with Crippen LogP contribution in [-0.2, 0) is 4.74 Å². The van der Waals surface area contributed by atoms with Crippen LogP contribution in [0.15, 0.2) is 24.3 Å². The van der Waals surface area contributed by atoms with Crippen LogP contribution in [0.3, 0.4) is 0 Å². The predicted octanol–water partition coefficient (Wildman–Crippen LogP) is 1.80. The third-order valence-corrected chi connectivity index (χ3v) is 3.19. The Bertz CT molecular complexity index is 403. The second kappa shape index (κ2) is 5.43. The molecule has 3 nitrogen and oxygen atoms in total. The van der Waals surface area contributed by atoms with Gasteiger partial charge in [0.15, 0.2) is 5.78 Å². The molecule has 3 heteroatoms. The van der Waals surface area contributed by atoms with Gasteiger partial charge in [-0.3, -0.25) is 4.79 Å². The van der Waals surface area contributed by atoms with Gasteiger partial charge in [-0.15, -0.1) is 0 Å². The second-order valence-corrected chi connectivity index (χ2v) is 4.54. The Morgan fingerprint density at radius 2 is 2.29 bits per heavy atom. The SMILES string of the molecule is CCNC1COCC1C(=O)c1cccc(C)c1. The van der Waals surface area contributed by atoms with Crippen molar-refractivity contribution in [3.63, 3.8) is 0 Å². The molecule has 0 radical (unpaired) electrons. The summed E-state index contributed by atoms with van der Waals surface area (Å²) in [5.74, 6) is 0.147. The fraction of sp³-hybridized carbons (Fsp3) is 0.500.